The average Bonchev–Trinajstić information content (AvgIpc) is 3.05. The third-order valence-corrected chi connectivity index (χ3v) is 9.09. The number of aryl methyl sites for hydroxylation is 2. The van der Waals surface area contributed by atoms with Crippen LogP contribution >= 0.6 is 11.8 Å². The molecule has 47 heavy (non-hydrogen) atoms. The van der Waals surface area contributed by atoms with Gasteiger partial charge in [-0.15, -0.1) is 0 Å². The van der Waals surface area contributed by atoms with Gasteiger partial charge in [0.1, 0.15) is 28.0 Å². The normalized spacial score (nSPS) is 20.3. The van der Waals surface area contributed by atoms with Crippen molar-refractivity contribution >= 4 is 29.7 Å². The van der Waals surface area contributed by atoms with E-state index < -0.39 is 41.7 Å². The molecule has 1 aromatic heterocycles. The molecule has 5 rings (SSSR count). The van der Waals surface area contributed by atoms with Crippen molar-refractivity contribution in [1.82, 2.24) is 4.98 Å². The summed E-state index contributed by atoms with van der Waals surface area (Å²) in [7, 11) is 3.10. The van der Waals surface area contributed by atoms with E-state index in [1.807, 2.05) is 24.3 Å². The molecule has 0 bridgehead atoms. The number of hydrogen-bond acceptors (Lipinski definition) is 12. The van der Waals surface area contributed by atoms with Crippen LogP contribution in [0.2, 0.25) is 0 Å². The van der Waals surface area contributed by atoms with Crippen LogP contribution in [-0.4, -0.2) is 67.5 Å². The van der Waals surface area contributed by atoms with Crippen LogP contribution in [0, 0.1) is 11.3 Å². The van der Waals surface area contributed by atoms with Crippen LogP contribution in [0.3, 0.4) is 0 Å². The number of methoxy groups -OCH3 is 2. The van der Waals surface area contributed by atoms with Crippen LogP contribution in [-0.2, 0) is 46.2 Å². The van der Waals surface area contributed by atoms with Gasteiger partial charge in [0.05, 0.1) is 32.1 Å². The molecule has 0 radical (unpaired) electrons. The largest absolute Gasteiger partial charge is 0.497 e. The van der Waals surface area contributed by atoms with E-state index in [4.69, 9.17) is 33.4 Å². The van der Waals surface area contributed by atoms with Gasteiger partial charge in [-0.05, 0) is 66.6 Å². The van der Waals surface area contributed by atoms with Gasteiger partial charge in [-0.2, -0.15) is 5.26 Å². The fraction of sp³-hybridized carbons (Fsp3) is 0.400. The molecule has 11 nitrogen and oxygen atoms in total. The maximum Gasteiger partial charge on any atom is 0.303 e. The molecular formula is C35H36N2O9S. The molecule has 12 heteroatoms. The number of ether oxygens (including phenoxy) is 6. The standard InChI is InChI=1S/C35H36N2O9S/c1-19(38)44-31-18-43-35(33(46-21(3)40)32(31)45-20(2)39)47-34-29(17-36)28(25-13-26(41-4)15-27(14-25)42-5)16-30(37-34)24-11-10-22-8-6-7-9-23(22)12-24/h10-16,31-33,35H,6-9,18H2,1-5H3/t31-,32-,33+,35-/m0/s1. The molecule has 2 aliphatic rings. The smallest absolute Gasteiger partial charge is 0.303 e. The van der Waals surface area contributed by atoms with Crippen LogP contribution in [0.5, 0.6) is 11.5 Å². The Bertz CT molecular complexity index is 1700. The van der Waals surface area contributed by atoms with Crippen molar-refractivity contribution < 1.29 is 42.8 Å². The molecule has 1 aliphatic carbocycles. The zero-order valence-corrected chi connectivity index (χ0v) is 27.7. The molecule has 0 saturated carbocycles. The maximum atomic E-state index is 12.3. The summed E-state index contributed by atoms with van der Waals surface area (Å²) in [6.07, 6.45) is 0.887. The lowest BCUT2D eigenvalue weighted by Crippen LogP contribution is -2.56. The van der Waals surface area contributed by atoms with Crippen molar-refractivity contribution in [2.45, 2.75) is 75.2 Å². The first-order valence-electron chi connectivity index (χ1n) is 15.2. The molecule has 0 N–H and O–H groups in total. The number of carbonyl (C=O) groups excluding carboxylic acids is 3. The summed E-state index contributed by atoms with van der Waals surface area (Å²) >= 11 is 1.06. The van der Waals surface area contributed by atoms with E-state index in [1.54, 1.807) is 20.3 Å². The fourth-order valence-electron chi connectivity index (χ4n) is 5.87. The van der Waals surface area contributed by atoms with Crippen LogP contribution in [0.15, 0.2) is 47.5 Å². The number of benzene rings is 2. The van der Waals surface area contributed by atoms with E-state index in [-0.39, 0.29) is 12.2 Å². The number of thioether (sulfide) groups is 1. The zero-order valence-electron chi connectivity index (χ0n) is 26.9. The van der Waals surface area contributed by atoms with Gasteiger partial charge in [-0.3, -0.25) is 14.4 Å². The predicted molar refractivity (Wildman–Crippen MR) is 172 cm³/mol. The van der Waals surface area contributed by atoms with Crippen LogP contribution < -0.4 is 9.47 Å². The van der Waals surface area contributed by atoms with E-state index in [0.29, 0.717) is 33.3 Å². The summed E-state index contributed by atoms with van der Waals surface area (Å²) in [5.41, 5.74) is 4.57. The van der Waals surface area contributed by atoms with E-state index in [0.717, 1.165) is 43.0 Å². The van der Waals surface area contributed by atoms with Gasteiger partial charge in [0.25, 0.3) is 0 Å². The lowest BCUT2D eigenvalue weighted by molar-refractivity contribution is -0.213. The summed E-state index contributed by atoms with van der Waals surface area (Å²) in [6.45, 7) is 3.49. The van der Waals surface area contributed by atoms with E-state index >= 15 is 0 Å². The third-order valence-electron chi connectivity index (χ3n) is 7.94. The number of pyridine rings is 1. The summed E-state index contributed by atoms with van der Waals surface area (Å²) in [5, 5.41) is 10.9. The third kappa shape index (κ3) is 7.86. The second-order valence-corrected chi connectivity index (χ2v) is 12.3. The van der Waals surface area contributed by atoms with Gasteiger partial charge >= 0.3 is 17.9 Å². The number of nitriles is 1. The highest BCUT2D eigenvalue weighted by Crippen LogP contribution is 2.41. The van der Waals surface area contributed by atoms with E-state index in [1.165, 1.54) is 31.9 Å². The average molecular weight is 661 g/mol. The van der Waals surface area contributed by atoms with Crippen LogP contribution in [0.25, 0.3) is 22.4 Å². The van der Waals surface area contributed by atoms with Crippen molar-refractivity contribution in [3.05, 3.63) is 59.2 Å². The molecule has 1 aliphatic heterocycles. The zero-order chi connectivity index (χ0) is 33.7. The van der Waals surface area contributed by atoms with Gasteiger partial charge in [0.2, 0.25) is 0 Å². The quantitative estimate of drug-likeness (QED) is 0.213. The highest BCUT2D eigenvalue weighted by atomic mass is 32.2. The van der Waals surface area contributed by atoms with Crippen molar-refractivity contribution in [1.29, 1.82) is 5.26 Å². The number of fused-ring (bicyclic) bond motifs is 1. The Kier molecular flexibility index (Phi) is 10.7. The monoisotopic (exact) mass is 660 g/mol. The number of aromatic nitrogens is 1. The Balaban J connectivity index is 1.65. The lowest BCUT2D eigenvalue weighted by Gasteiger charge is -2.40. The first-order valence-corrected chi connectivity index (χ1v) is 16.1. The number of hydrogen-bond donors (Lipinski definition) is 0. The number of rotatable bonds is 9. The second kappa shape index (κ2) is 14.9. The molecule has 1 fully saturated rings. The highest BCUT2D eigenvalue weighted by molar-refractivity contribution is 7.99. The first-order chi connectivity index (χ1) is 22.6. The van der Waals surface area contributed by atoms with Crippen molar-refractivity contribution in [3.63, 3.8) is 0 Å². The Morgan fingerprint density at radius 3 is 2.09 bits per heavy atom. The molecule has 2 aromatic carbocycles. The Morgan fingerprint density at radius 1 is 0.830 bits per heavy atom. The van der Waals surface area contributed by atoms with Gasteiger partial charge in [0.15, 0.2) is 18.3 Å². The molecule has 0 unspecified atom stereocenters. The topological polar surface area (TPSA) is 143 Å². The lowest BCUT2D eigenvalue weighted by atomic mass is 9.89. The van der Waals surface area contributed by atoms with Crippen LogP contribution in [0.1, 0.15) is 50.3 Å². The minimum atomic E-state index is -1.19. The highest BCUT2D eigenvalue weighted by Gasteiger charge is 2.47. The number of nitrogens with zero attached hydrogens (tertiary/aromatic N) is 2. The van der Waals surface area contributed by atoms with Crippen molar-refractivity contribution in [3.8, 4) is 40.0 Å². The molecule has 0 spiro atoms. The van der Waals surface area contributed by atoms with E-state index in [2.05, 4.69) is 18.2 Å². The molecule has 1 saturated heterocycles. The van der Waals surface area contributed by atoms with Crippen molar-refractivity contribution in [2.24, 2.45) is 0 Å². The number of carbonyl (C=O) groups is 3. The summed E-state index contributed by atoms with van der Waals surface area (Å²) in [4.78, 5) is 41.2. The Morgan fingerprint density at radius 2 is 1.47 bits per heavy atom. The Hall–Kier alpha value is -4.60. The fourth-order valence-corrected chi connectivity index (χ4v) is 7.00. The summed E-state index contributed by atoms with van der Waals surface area (Å²) < 4.78 is 33.7. The van der Waals surface area contributed by atoms with Crippen molar-refractivity contribution in [2.75, 3.05) is 20.8 Å². The van der Waals surface area contributed by atoms with Gasteiger partial charge in [0, 0.05) is 38.0 Å². The molecular weight excluding hydrogens is 624 g/mol. The Labute approximate surface area is 277 Å². The van der Waals surface area contributed by atoms with Gasteiger partial charge in [-0.1, -0.05) is 23.9 Å². The molecule has 3 aromatic rings. The summed E-state index contributed by atoms with van der Waals surface area (Å²) in [6, 6.07) is 15.8. The molecule has 4 atom stereocenters. The minimum absolute atomic E-state index is 0.153. The van der Waals surface area contributed by atoms with E-state index in [9.17, 15) is 19.6 Å². The number of esters is 3. The molecule has 246 valence electrons. The second-order valence-electron chi connectivity index (χ2n) is 11.3. The minimum Gasteiger partial charge on any atom is -0.497 e. The van der Waals surface area contributed by atoms with Gasteiger partial charge in [-0.25, -0.2) is 4.98 Å². The molecule has 2 heterocycles. The molecule has 0 amide bonds. The van der Waals surface area contributed by atoms with Crippen LogP contribution in [0.4, 0.5) is 0 Å². The summed E-state index contributed by atoms with van der Waals surface area (Å²) in [5.74, 6) is -0.862. The first kappa shape index (κ1) is 33.8. The maximum absolute atomic E-state index is 12.3. The van der Waals surface area contributed by atoms with Gasteiger partial charge < -0.3 is 28.4 Å². The SMILES string of the molecule is COc1cc(OC)cc(-c2cc(-c3ccc4c(c3)CCCC4)nc(S[C@@H]3OC[C@H](OC(C)=O)[C@H](OC(C)=O)[C@H]3OC(C)=O)c2C#N)c1. The predicted octanol–water partition coefficient (Wildman–Crippen LogP) is 5.43.